The maximum absolute atomic E-state index is 12.0. The largest absolute Gasteiger partial charge is 0.462 e. The number of allylic oxidation sites excluding steroid dienone is 4. The Morgan fingerprint density at radius 2 is 2.22 bits per heavy atom. The predicted molar refractivity (Wildman–Crippen MR) is 110 cm³/mol. The number of thioether (sulfide) groups is 1. The number of halogens is 1. The van der Waals surface area contributed by atoms with Gasteiger partial charge in [-0.25, -0.2) is 4.79 Å². The molecule has 1 heterocycles. The van der Waals surface area contributed by atoms with Crippen molar-refractivity contribution < 1.29 is 9.53 Å². The predicted octanol–water partition coefficient (Wildman–Crippen LogP) is 5.61. The molecule has 1 aliphatic carbocycles. The summed E-state index contributed by atoms with van der Waals surface area (Å²) in [6.45, 7) is 4.96. The molecule has 1 aliphatic heterocycles. The molecule has 0 N–H and O–H groups in total. The summed E-state index contributed by atoms with van der Waals surface area (Å²) in [5.41, 5.74) is 3.13. The monoisotopic (exact) mass is 400 g/mol. The molecule has 1 aromatic rings. The first-order valence-corrected chi connectivity index (χ1v) is 10.2. The van der Waals surface area contributed by atoms with Crippen LogP contribution in [-0.4, -0.2) is 19.1 Å². The summed E-state index contributed by atoms with van der Waals surface area (Å²) in [7, 11) is 0. The van der Waals surface area contributed by atoms with Crippen molar-refractivity contribution in [3.05, 3.63) is 57.1 Å². The van der Waals surface area contributed by atoms with Crippen molar-refractivity contribution in [2.45, 2.75) is 38.0 Å². The lowest BCUT2D eigenvalue weighted by Gasteiger charge is -2.20. The minimum atomic E-state index is -0.535. The van der Waals surface area contributed by atoms with Crippen LogP contribution in [0.25, 0.3) is 0 Å². The Hall–Kier alpha value is -2.16. The average Bonchev–Trinajstić information content (AvgIpc) is 2.99. The third-order valence-electron chi connectivity index (χ3n) is 4.50. The van der Waals surface area contributed by atoms with Crippen LogP contribution in [0.3, 0.4) is 0 Å². The van der Waals surface area contributed by atoms with Crippen LogP contribution in [-0.2, 0) is 9.53 Å². The van der Waals surface area contributed by atoms with Crippen LogP contribution in [0.4, 0.5) is 5.69 Å². The van der Waals surface area contributed by atoms with E-state index in [9.17, 15) is 10.1 Å². The summed E-state index contributed by atoms with van der Waals surface area (Å²) in [6.07, 6.45) is 6.67. The number of esters is 1. The summed E-state index contributed by atoms with van der Waals surface area (Å²) in [6, 6.07) is 7.96. The van der Waals surface area contributed by atoms with E-state index in [4.69, 9.17) is 16.3 Å². The Bertz CT molecular complexity index is 896. The first-order valence-electron chi connectivity index (χ1n) is 9.05. The van der Waals surface area contributed by atoms with Gasteiger partial charge in [-0.1, -0.05) is 29.4 Å². The third-order valence-corrected chi connectivity index (χ3v) is 5.85. The highest BCUT2D eigenvalue weighted by Gasteiger charge is 2.25. The van der Waals surface area contributed by atoms with Gasteiger partial charge in [0.2, 0.25) is 0 Å². The van der Waals surface area contributed by atoms with Gasteiger partial charge in [-0.15, -0.1) is 0 Å². The molecule has 0 bridgehead atoms. The van der Waals surface area contributed by atoms with E-state index in [1.807, 2.05) is 30.3 Å². The summed E-state index contributed by atoms with van der Waals surface area (Å²) in [5.74, 6) is -0.535. The molecule has 2 aliphatic rings. The fraction of sp³-hybridized carbons (Fsp3) is 0.333. The number of hydrogen-bond acceptors (Lipinski definition) is 5. The second-order valence-electron chi connectivity index (χ2n) is 6.25. The lowest BCUT2D eigenvalue weighted by atomic mass is 9.92. The van der Waals surface area contributed by atoms with Crippen molar-refractivity contribution in [1.82, 2.24) is 0 Å². The van der Waals surface area contributed by atoms with Crippen molar-refractivity contribution in [3.63, 3.8) is 0 Å². The van der Waals surface area contributed by atoms with Crippen molar-refractivity contribution >= 4 is 35.0 Å². The van der Waals surface area contributed by atoms with Gasteiger partial charge in [0.05, 0.1) is 17.3 Å². The second-order valence-corrected chi connectivity index (χ2v) is 7.74. The van der Waals surface area contributed by atoms with Gasteiger partial charge in [0.1, 0.15) is 11.6 Å². The summed E-state index contributed by atoms with van der Waals surface area (Å²) in [5, 5.41) is 11.3. The molecule has 0 spiro atoms. The molecule has 0 fully saturated rings. The fourth-order valence-electron chi connectivity index (χ4n) is 3.28. The summed E-state index contributed by atoms with van der Waals surface area (Å²) in [4.78, 5) is 15.5. The van der Waals surface area contributed by atoms with Gasteiger partial charge in [0, 0.05) is 16.5 Å². The molecule has 6 heteroatoms. The molecule has 27 heavy (non-hydrogen) atoms. The number of carbonyl (C=O) groups is 1. The standard InChI is InChI=1S/C21H21ClN2O2S/c1-3-24-18-12-16(22)8-9-19(18)27-20(24)11-14-6-5-7-15(10-14)17(13-23)21(25)26-4-2/h8-12H,3-7H2,1-2H3/b17-15-,20-11-. The number of carbonyl (C=O) groups excluding carboxylic acids is 1. The lowest BCUT2D eigenvalue weighted by molar-refractivity contribution is -0.138. The van der Waals surface area contributed by atoms with E-state index in [-0.39, 0.29) is 12.2 Å². The number of ether oxygens (including phenoxy) is 1. The molecule has 0 atom stereocenters. The zero-order chi connectivity index (χ0) is 19.4. The van der Waals surface area contributed by atoms with Crippen LogP contribution in [0.2, 0.25) is 5.02 Å². The van der Waals surface area contributed by atoms with Gasteiger partial charge in [-0.2, -0.15) is 5.26 Å². The molecule has 1 aromatic carbocycles. The van der Waals surface area contributed by atoms with Crippen molar-refractivity contribution in [1.29, 1.82) is 5.26 Å². The smallest absolute Gasteiger partial charge is 0.349 e. The van der Waals surface area contributed by atoms with E-state index in [1.165, 1.54) is 4.90 Å². The Kier molecular flexibility index (Phi) is 6.30. The van der Waals surface area contributed by atoms with Gasteiger partial charge in [0.15, 0.2) is 0 Å². The van der Waals surface area contributed by atoms with E-state index in [0.717, 1.165) is 52.7 Å². The SMILES string of the molecule is CCOC(=O)/C(C#N)=C1C=C(/C=C2\Sc3ccc(Cl)cc3N2CC)CCC\1. The van der Waals surface area contributed by atoms with Gasteiger partial charge in [-0.05, 0) is 68.5 Å². The minimum Gasteiger partial charge on any atom is -0.462 e. The van der Waals surface area contributed by atoms with Crippen LogP contribution >= 0.6 is 23.4 Å². The molecule has 0 aromatic heterocycles. The van der Waals surface area contributed by atoms with Crippen molar-refractivity contribution in [2.75, 3.05) is 18.1 Å². The van der Waals surface area contributed by atoms with Crippen LogP contribution in [0.15, 0.2) is 57.0 Å². The molecule has 3 rings (SSSR count). The Labute approximate surface area is 169 Å². The highest BCUT2D eigenvalue weighted by atomic mass is 35.5. The normalized spacial score (nSPS) is 19.4. The fourth-order valence-corrected chi connectivity index (χ4v) is 4.63. The van der Waals surface area contributed by atoms with Crippen molar-refractivity contribution in [2.24, 2.45) is 0 Å². The number of nitrogens with zero attached hydrogens (tertiary/aromatic N) is 2. The molecule has 140 valence electrons. The zero-order valence-electron chi connectivity index (χ0n) is 15.4. The quantitative estimate of drug-likeness (QED) is 0.373. The van der Waals surface area contributed by atoms with Crippen molar-refractivity contribution in [3.8, 4) is 6.07 Å². The highest BCUT2D eigenvalue weighted by molar-refractivity contribution is 8.03. The van der Waals surface area contributed by atoms with E-state index in [1.54, 1.807) is 18.7 Å². The van der Waals surface area contributed by atoms with E-state index in [2.05, 4.69) is 17.9 Å². The Morgan fingerprint density at radius 3 is 2.93 bits per heavy atom. The maximum atomic E-state index is 12.0. The number of rotatable bonds is 4. The molecular weight excluding hydrogens is 380 g/mol. The lowest BCUT2D eigenvalue weighted by Crippen LogP contribution is -2.16. The van der Waals surface area contributed by atoms with Crippen LogP contribution in [0, 0.1) is 11.3 Å². The molecular formula is C21H21ClN2O2S. The molecule has 0 radical (unpaired) electrons. The number of benzene rings is 1. The highest BCUT2D eigenvalue weighted by Crippen LogP contribution is 2.47. The first kappa shape index (κ1) is 19.6. The minimum absolute atomic E-state index is 0.119. The maximum Gasteiger partial charge on any atom is 0.349 e. The number of fused-ring (bicyclic) bond motifs is 1. The van der Waals surface area contributed by atoms with Crippen LogP contribution in [0.1, 0.15) is 33.1 Å². The molecule has 0 amide bonds. The second kappa shape index (κ2) is 8.69. The van der Waals surface area contributed by atoms with Gasteiger partial charge < -0.3 is 9.64 Å². The van der Waals surface area contributed by atoms with Gasteiger partial charge in [-0.3, -0.25) is 0 Å². The van der Waals surface area contributed by atoms with Crippen LogP contribution in [0.5, 0.6) is 0 Å². The van der Waals surface area contributed by atoms with Gasteiger partial charge >= 0.3 is 5.97 Å². The number of hydrogen-bond donors (Lipinski definition) is 0. The third kappa shape index (κ3) is 4.23. The van der Waals surface area contributed by atoms with E-state index in [0.29, 0.717) is 0 Å². The van der Waals surface area contributed by atoms with E-state index >= 15 is 0 Å². The number of anilines is 1. The molecule has 0 unspecified atom stereocenters. The molecule has 0 saturated heterocycles. The average molecular weight is 401 g/mol. The molecule has 4 nitrogen and oxygen atoms in total. The topological polar surface area (TPSA) is 53.3 Å². The number of nitriles is 1. The summed E-state index contributed by atoms with van der Waals surface area (Å²) >= 11 is 7.88. The first-order chi connectivity index (χ1) is 13.1. The Balaban J connectivity index is 1.94. The Morgan fingerprint density at radius 1 is 1.41 bits per heavy atom. The van der Waals surface area contributed by atoms with Crippen LogP contribution < -0.4 is 4.90 Å². The summed E-state index contributed by atoms with van der Waals surface area (Å²) < 4.78 is 5.02. The van der Waals surface area contributed by atoms with Gasteiger partial charge in [0.25, 0.3) is 0 Å². The molecule has 0 saturated carbocycles. The van der Waals surface area contributed by atoms with E-state index < -0.39 is 5.97 Å². The zero-order valence-corrected chi connectivity index (χ0v) is 17.0.